The van der Waals surface area contributed by atoms with Crippen LogP contribution in [0, 0.1) is 23.2 Å². The minimum atomic E-state index is 0.0167. The molecule has 2 aliphatic rings. The first kappa shape index (κ1) is 7.60. The minimum absolute atomic E-state index is 0.0167. The van der Waals surface area contributed by atoms with Crippen molar-refractivity contribution in [2.45, 2.75) is 39.7 Å². The molecule has 64 valence electrons. The Morgan fingerprint density at radius 2 is 1.91 bits per heavy atom. The first-order chi connectivity index (χ1) is 5.03. The summed E-state index contributed by atoms with van der Waals surface area (Å²) in [4.78, 5) is 0. The molecule has 0 spiro atoms. The molecule has 2 bridgehead atoms. The Bertz CT molecular complexity index is 170. The van der Waals surface area contributed by atoms with Gasteiger partial charge in [-0.05, 0) is 36.0 Å². The summed E-state index contributed by atoms with van der Waals surface area (Å²) in [5.41, 5.74) is 0.490. The molecule has 1 nitrogen and oxygen atoms in total. The monoisotopic (exact) mass is 154 g/mol. The van der Waals surface area contributed by atoms with E-state index in [-0.39, 0.29) is 6.10 Å². The van der Waals surface area contributed by atoms with Crippen molar-refractivity contribution in [2.75, 3.05) is 0 Å². The maximum absolute atomic E-state index is 9.62. The number of aliphatic hydroxyl groups excluding tert-OH is 1. The van der Waals surface area contributed by atoms with E-state index in [2.05, 4.69) is 20.8 Å². The summed E-state index contributed by atoms with van der Waals surface area (Å²) in [5, 5.41) is 9.62. The van der Waals surface area contributed by atoms with Crippen LogP contribution in [0.25, 0.3) is 0 Å². The molecule has 0 amide bonds. The molecule has 2 rings (SSSR count). The molecule has 2 fully saturated rings. The lowest BCUT2D eigenvalue weighted by atomic mass is 9.69. The number of rotatable bonds is 0. The van der Waals surface area contributed by atoms with Crippen LogP contribution in [0.15, 0.2) is 0 Å². The Kier molecular flexibility index (Phi) is 1.39. The van der Waals surface area contributed by atoms with Crippen LogP contribution in [0.2, 0.25) is 0 Å². The highest BCUT2D eigenvalue weighted by molar-refractivity contribution is 5.03. The Morgan fingerprint density at radius 3 is 2.27 bits per heavy atom. The van der Waals surface area contributed by atoms with Crippen LogP contribution in [0.1, 0.15) is 33.6 Å². The van der Waals surface area contributed by atoms with Gasteiger partial charge in [-0.25, -0.2) is 0 Å². The van der Waals surface area contributed by atoms with Gasteiger partial charge in [0.05, 0.1) is 6.10 Å². The third-order valence-corrected chi connectivity index (χ3v) is 4.44. The first-order valence-electron chi connectivity index (χ1n) is 4.71. The molecule has 0 aliphatic heterocycles. The molecular formula is C10H18O. The van der Waals surface area contributed by atoms with Gasteiger partial charge in [-0.2, -0.15) is 0 Å². The maximum atomic E-state index is 9.62. The van der Waals surface area contributed by atoms with Crippen molar-refractivity contribution in [3.05, 3.63) is 0 Å². The Morgan fingerprint density at radius 1 is 1.27 bits per heavy atom. The minimum Gasteiger partial charge on any atom is -0.393 e. The van der Waals surface area contributed by atoms with Gasteiger partial charge >= 0.3 is 0 Å². The number of fused-ring (bicyclic) bond motifs is 2. The molecule has 0 radical (unpaired) electrons. The summed E-state index contributed by atoms with van der Waals surface area (Å²) < 4.78 is 0. The summed E-state index contributed by atoms with van der Waals surface area (Å²) in [6, 6.07) is 0. The fourth-order valence-corrected chi connectivity index (χ4v) is 3.12. The lowest BCUT2D eigenvalue weighted by Crippen LogP contribution is -2.35. The maximum Gasteiger partial charge on any atom is 0.0574 e. The first-order valence-corrected chi connectivity index (χ1v) is 4.71. The second kappa shape index (κ2) is 2.01. The van der Waals surface area contributed by atoms with Crippen LogP contribution < -0.4 is 0 Å². The van der Waals surface area contributed by atoms with Gasteiger partial charge in [0.2, 0.25) is 0 Å². The van der Waals surface area contributed by atoms with Crippen molar-refractivity contribution in [3.8, 4) is 0 Å². The van der Waals surface area contributed by atoms with Gasteiger partial charge in [-0.1, -0.05) is 20.8 Å². The van der Waals surface area contributed by atoms with E-state index in [9.17, 15) is 5.11 Å². The summed E-state index contributed by atoms with van der Waals surface area (Å²) in [6.45, 7) is 7.01. The summed E-state index contributed by atoms with van der Waals surface area (Å²) >= 11 is 0. The van der Waals surface area contributed by atoms with Gasteiger partial charge in [0.15, 0.2) is 0 Å². The van der Waals surface area contributed by atoms with Crippen LogP contribution >= 0.6 is 0 Å². The van der Waals surface area contributed by atoms with Crippen LogP contribution in [-0.2, 0) is 0 Å². The van der Waals surface area contributed by atoms with E-state index in [1.165, 1.54) is 6.42 Å². The van der Waals surface area contributed by atoms with E-state index >= 15 is 0 Å². The third kappa shape index (κ3) is 0.807. The second-order valence-electron chi connectivity index (χ2n) is 5.01. The normalized spacial score (nSPS) is 53.5. The van der Waals surface area contributed by atoms with Crippen molar-refractivity contribution < 1.29 is 5.11 Å². The highest BCUT2D eigenvalue weighted by Crippen LogP contribution is 2.58. The molecule has 0 unspecified atom stereocenters. The van der Waals surface area contributed by atoms with E-state index in [4.69, 9.17) is 0 Å². The third-order valence-electron chi connectivity index (χ3n) is 4.44. The Hall–Kier alpha value is -0.0400. The van der Waals surface area contributed by atoms with E-state index < -0.39 is 0 Å². The zero-order chi connectivity index (χ0) is 8.22. The quantitative estimate of drug-likeness (QED) is 0.566. The SMILES string of the molecule is C[C@@H]1[C@@H]2C[C@@H](C[C@@H]2O)C1(C)C. The highest BCUT2D eigenvalue weighted by atomic mass is 16.3. The van der Waals surface area contributed by atoms with Gasteiger partial charge in [0.25, 0.3) is 0 Å². The molecule has 2 saturated carbocycles. The molecule has 11 heavy (non-hydrogen) atoms. The largest absolute Gasteiger partial charge is 0.393 e. The van der Waals surface area contributed by atoms with Gasteiger partial charge in [0.1, 0.15) is 0 Å². The zero-order valence-electron chi connectivity index (χ0n) is 7.67. The second-order valence-corrected chi connectivity index (χ2v) is 5.01. The van der Waals surface area contributed by atoms with Crippen molar-refractivity contribution in [1.29, 1.82) is 0 Å². The predicted octanol–water partition coefficient (Wildman–Crippen LogP) is 2.05. The van der Waals surface area contributed by atoms with Gasteiger partial charge in [-0.3, -0.25) is 0 Å². The molecule has 1 heteroatoms. The van der Waals surface area contributed by atoms with Crippen molar-refractivity contribution in [2.24, 2.45) is 23.2 Å². The lowest BCUT2D eigenvalue weighted by molar-refractivity contribution is 0.0239. The van der Waals surface area contributed by atoms with Gasteiger partial charge in [0, 0.05) is 0 Å². The number of hydrogen-bond acceptors (Lipinski definition) is 1. The molecule has 0 aromatic rings. The van der Waals surface area contributed by atoms with Crippen molar-refractivity contribution >= 4 is 0 Å². The zero-order valence-corrected chi connectivity index (χ0v) is 7.67. The topological polar surface area (TPSA) is 20.2 Å². The molecule has 0 heterocycles. The van der Waals surface area contributed by atoms with Crippen LogP contribution in [0.3, 0.4) is 0 Å². The Balaban J connectivity index is 2.25. The summed E-state index contributed by atoms with van der Waals surface area (Å²) in [5.74, 6) is 2.11. The predicted molar refractivity (Wildman–Crippen MR) is 45.2 cm³/mol. The number of aliphatic hydroxyl groups is 1. The van der Waals surface area contributed by atoms with Gasteiger partial charge in [-0.15, -0.1) is 0 Å². The molecule has 0 saturated heterocycles. The molecule has 1 N–H and O–H groups in total. The molecule has 2 aliphatic carbocycles. The van der Waals surface area contributed by atoms with Crippen molar-refractivity contribution in [1.82, 2.24) is 0 Å². The van der Waals surface area contributed by atoms with Crippen molar-refractivity contribution in [3.63, 3.8) is 0 Å². The molecule has 0 aromatic carbocycles. The molecular weight excluding hydrogens is 136 g/mol. The fourth-order valence-electron chi connectivity index (χ4n) is 3.12. The summed E-state index contributed by atoms with van der Waals surface area (Å²) in [6.07, 6.45) is 2.35. The van der Waals surface area contributed by atoms with E-state index in [1.807, 2.05) is 0 Å². The lowest BCUT2D eigenvalue weighted by Gasteiger charge is -2.38. The highest BCUT2D eigenvalue weighted by Gasteiger charge is 2.54. The van der Waals surface area contributed by atoms with Crippen LogP contribution in [0.4, 0.5) is 0 Å². The Labute approximate surface area is 68.8 Å². The molecule has 0 aromatic heterocycles. The standard InChI is InChI=1S/C10H18O/c1-6-8-4-7(5-9(8)11)10(6,2)3/h6-9,11H,4-5H2,1-3H3/t6-,7+,8+,9+/m1/s1. The number of hydrogen-bond donors (Lipinski definition) is 1. The smallest absolute Gasteiger partial charge is 0.0574 e. The van der Waals surface area contributed by atoms with E-state index in [0.717, 1.165) is 18.3 Å². The average Bonchev–Trinajstić information content (AvgIpc) is 2.36. The molecule has 4 atom stereocenters. The van der Waals surface area contributed by atoms with Gasteiger partial charge < -0.3 is 5.11 Å². The fraction of sp³-hybridized carbons (Fsp3) is 1.00. The average molecular weight is 154 g/mol. The van der Waals surface area contributed by atoms with E-state index in [1.54, 1.807) is 0 Å². The van der Waals surface area contributed by atoms with E-state index in [0.29, 0.717) is 11.3 Å². The summed E-state index contributed by atoms with van der Waals surface area (Å²) in [7, 11) is 0. The van der Waals surface area contributed by atoms with Crippen LogP contribution in [0.5, 0.6) is 0 Å². The van der Waals surface area contributed by atoms with Crippen LogP contribution in [-0.4, -0.2) is 11.2 Å².